The molecule has 1 fully saturated rings. The fraction of sp³-hybridized carbons (Fsp3) is 0.467. The maximum absolute atomic E-state index is 11.3. The Labute approximate surface area is 123 Å². The second kappa shape index (κ2) is 6.47. The number of nitrogen functional groups attached to an aromatic ring is 1. The molecule has 0 aliphatic carbocycles. The Morgan fingerprint density at radius 3 is 2.62 bits per heavy atom. The van der Waals surface area contributed by atoms with Crippen molar-refractivity contribution < 1.29 is 14.7 Å². The van der Waals surface area contributed by atoms with Crippen molar-refractivity contribution in [2.24, 2.45) is 5.92 Å². The quantitative estimate of drug-likeness (QED) is 0.727. The van der Waals surface area contributed by atoms with Crippen molar-refractivity contribution in [1.29, 1.82) is 0 Å². The molecule has 1 aliphatic rings. The van der Waals surface area contributed by atoms with E-state index in [-0.39, 0.29) is 11.5 Å². The number of carboxylic acid groups (broad SMARTS) is 1. The van der Waals surface area contributed by atoms with Gasteiger partial charge in [0.2, 0.25) is 5.91 Å². The zero-order valence-corrected chi connectivity index (χ0v) is 12.1. The zero-order valence-electron chi connectivity index (χ0n) is 12.1. The van der Waals surface area contributed by atoms with Crippen LogP contribution in [0.15, 0.2) is 18.2 Å². The summed E-state index contributed by atoms with van der Waals surface area (Å²) in [6.07, 6.45) is 1.85. The van der Waals surface area contributed by atoms with E-state index in [0.29, 0.717) is 23.8 Å². The van der Waals surface area contributed by atoms with Gasteiger partial charge in [-0.3, -0.25) is 4.79 Å². The molecule has 0 atom stereocenters. The van der Waals surface area contributed by atoms with Crippen molar-refractivity contribution in [2.45, 2.75) is 19.8 Å². The number of amides is 1. The largest absolute Gasteiger partial charge is 0.478 e. The summed E-state index contributed by atoms with van der Waals surface area (Å²) < 4.78 is 0. The third-order valence-corrected chi connectivity index (χ3v) is 3.85. The van der Waals surface area contributed by atoms with Crippen LogP contribution in [0.5, 0.6) is 0 Å². The smallest absolute Gasteiger partial charge is 0.337 e. The Morgan fingerprint density at radius 1 is 1.38 bits per heavy atom. The van der Waals surface area contributed by atoms with Crippen LogP contribution in [0.25, 0.3) is 0 Å². The minimum atomic E-state index is -0.939. The lowest BCUT2D eigenvalue weighted by Crippen LogP contribution is -2.38. The van der Waals surface area contributed by atoms with Crippen molar-refractivity contribution in [3.05, 3.63) is 23.8 Å². The van der Waals surface area contributed by atoms with Gasteiger partial charge < -0.3 is 21.1 Å². The van der Waals surface area contributed by atoms with Gasteiger partial charge in [0, 0.05) is 32.2 Å². The maximum atomic E-state index is 11.3. The Kier molecular flexibility index (Phi) is 4.67. The molecule has 4 N–H and O–H groups in total. The molecule has 0 bridgehead atoms. The molecule has 6 heteroatoms. The van der Waals surface area contributed by atoms with E-state index in [1.807, 2.05) is 0 Å². The summed E-state index contributed by atoms with van der Waals surface area (Å²) in [6, 6.07) is 4.88. The molecular formula is C15H21N3O3. The normalized spacial score (nSPS) is 15.8. The van der Waals surface area contributed by atoms with Gasteiger partial charge in [-0.05, 0) is 37.0 Å². The predicted octanol–water partition coefficient (Wildman–Crippen LogP) is 1.32. The lowest BCUT2D eigenvalue weighted by Gasteiger charge is -2.34. The lowest BCUT2D eigenvalue weighted by atomic mass is 9.95. The van der Waals surface area contributed by atoms with E-state index < -0.39 is 5.97 Å². The van der Waals surface area contributed by atoms with Crippen LogP contribution in [0.2, 0.25) is 0 Å². The van der Waals surface area contributed by atoms with Gasteiger partial charge in [0.25, 0.3) is 0 Å². The van der Waals surface area contributed by atoms with Gasteiger partial charge in [0.1, 0.15) is 0 Å². The molecule has 114 valence electrons. The van der Waals surface area contributed by atoms with Gasteiger partial charge in [0.05, 0.1) is 11.3 Å². The van der Waals surface area contributed by atoms with Crippen LogP contribution in [0.4, 0.5) is 11.4 Å². The first kappa shape index (κ1) is 15.2. The van der Waals surface area contributed by atoms with Crippen molar-refractivity contribution in [2.75, 3.05) is 30.3 Å². The van der Waals surface area contributed by atoms with E-state index in [0.717, 1.165) is 25.9 Å². The van der Waals surface area contributed by atoms with Gasteiger partial charge in [0.15, 0.2) is 0 Å². The molecule has 21 heavy (non-hydrogen) atoms. The Hall–Kier alpha value is -2.24. The molecule has 2 rings (SSSR count). The Bertz CT molecular complexity index is 537. The molecule has 0 radical (unpaired) electrons. The number of nitrogens with two attached hydrogens (primary N) is 1. The second-order valence-corrected chi connectivity index (χ2v) is 5.45. The predicted molar refractivity (Wildman–Crippen MR) is 81.4 cm³/mol. The average molecular weight is 291 g/mol. The van der Waals surface area contributed by atoms with Crippen molar-refractivity contribution in [1.82, 2.24) is 5.32 Å². The number of hydrogen-bond donors (Lipinski definition) is 3. The number of piperidine rings is 1. The molecule has 0 spiro atoms. The number of aromatic carboxylic acids is 1. The summed E-state index contributed by atoms with van der Waals surface area (Å²) in [5, 5.41) is 12.1. The molecule has 0 aromatic heterocycles. The molecule has 0 saturated carbocycles. The first-order valence-electron chi connectivity index (χ1n) is 7.09. The lowest BCUT2D eigenvalue weighted by molar-refractivity contribution is -0.119. The molecule has 0 unspecified atom stereocenters. The fourth-order valence-corrected chi connectivity index (χ4v) is 2.66. The molecule has 1 aliphatic heterocycles. The molecule has 1 amide bonds. The summed E-state index contributed by atoms with van der Waals surface area (Å²) in [5.74, 6) is -0.508. The number of carbonyl (C=O) groups excluding carboxylic acids is 1. The molecule has 1 saturated heterocycles. The number of hydrogen-bond acceptors (Lipinski definition) is 4. The first-order valence-corrected chi connectivity index (χ1v) is 7.09. The highest BCUT2D eigenvalue weighted by Crippen LogP contribution is 2.28. The van der Waals surface area contributed by atoms with E-state index in [4.69, 9.17) is 5.73 Å². The third kappa shape index (κ3) is 3.87. The number of anilines is 2. The fourth-order valence-electron chi connectivity index (χ4n) is 2.66. The number of carbonyl (C=O) groups is 2. The summed E-state index contributed by atoms with van der Waals surface area (Å²) in [6.45, 7) is 3.74. The van der Waals surface area contributed by atoms with Crippen LogP contribution in [-0.4, -0.2) is 36.6 Å². The second-order valence-electron chi connectivity index (χ2n) is 5.45. The number of benzene rings is 1. The van der Waals surface area contributed by atoms with Crippen molar-refractivity contribution >= 4 is 23.3 Å². The minimum absolute atomic E-state index is 0.0126. The summed E-state index contributed by atoms with van der Waals surface area (Å²) in [5.41, 5.74) is 7.30. The Morgan fingerprint density at radius 2 is 2.05 bits per heavy atom. The van der Waals surface area contributed by atoms with Crippen LogP contribution >= 0.6 is 0 Å². The van der Waals surface area contributed by atoms with Crippen LogP contribution < -0.4 is 16.0 Å². The van der Waals surface area contributed by atoms with E-state index >= 15 is 0 Å². The molecule has 1 aromatic rings. The maximum Gasteiger partial charge on any atom is 0.337 e. The third-order valence-electron chi connectivity index (χ3n) is 3.85. The highest BCUT2D eigenvalue weighted by Gasteiger charge is 2.23. The van der Waals surface area contributed by atoms with Gasteiger partial charge in [-0.2, -0.15) is 0 Å². The first-order chi connectivity index (χ1) is 9.97. The molecular weight excluding hydrogens is 270 g/mol. The zero-order chi connectivity index (χ0) is 15.4. The van der Waals surface area contributed by atoms with Gasteiger partial charge in [-0.15, -0.1) is 0 Å². The topological polar surface area (TPSA) is 95.7 Å². The average Bonchev–Trinajstić information content (AvgIpc) is 2.45. The van der Waals surface area contributed by atoms with Crippen LogP contribution in [0.1, 0.15) is 30.1 Å². The number of rotatable bonds is 4. The Balaban J connectivity index is 2.03. The number of carboxylic acids is 1. The van der Waals surface area contributed by atoms with Gasteiger partial charge >= 0.3 is 5.97 Å². The molecule has 1 aromatic carbocycles. The SMILES string of the molecule is CC(=O)NCC1CCN(c2cc(N)ccc2C(=O)O)CC1. The summed E-state index contributed by atoms with van der Waals surface area (Å²) >= 11 is 0. The van der Waals surface area contributed by atoms with Crippen molar-refractivity contribution in [3.8, 4) is 0 Å². The standard InChI is InChI=1S/C15H21N3O3/c1-10(19)17-9-11-4-6-18(7-5-11)14-8-12(16)2-3-13(14)15(20)21/h2-3,8,11H,4-7,9,16H2,1H3,(H,17,19)(H,20,21). The van der Waals surface area contributed by atoms with Crippen LogP contribution in [0, 0.1) is 5.92 Å². The van der Waals surface area contributed by atoms with Gasteiger partial charge in [-0.1, -0.05) is 0 Å². The van der Waals surface area contributed by atoms with E-state index in [2.05, 4.69) is 10.2 Å². The monoisotopic (exact) mass is 291 g/mol. The van der Waals surface area contributed by atoms with E-state index in [1.165, 1.54) is 6.92 Å². The highest BCUT2D eigenvalue weighted by atomic mass is 16.4. The minimum Gasteiger partial charge on any atom is -0.478 e. The number of nitrogens with zero attached hydrogens (tertiary/aromatic N) is 1. The highest BCUT2D eigenvalue weighted by molar-refractivity contribution is 5.95. The van der Waals surface area contributed by atoms with Gasteiger partial charge in [-0.25, -0.2) is 4.79 Å². The number of nitrogens with one attached hydrogen (secondary N) is 1. The van der Waals surface area contributed by atoms with E-state index in [1.54, 1.807) is 18.2 Å². The summed E-state index contributed by atoms with van der Waals surface area (Å²) in [7, 11) is 0. The molecule has 6 nitrogen and oxygen atoms in total. The molecule has 1 heterocycles. The van der Waals surface area contributed by atoms with Crippen LogP contribution in [-0.2, 0) is 4.79 Å². The summed E-state index contributed by atoms with van der Waals surface area (Å²) in [4.78, 5) is 24.3. The van der Waals surface area contributed by atoms with E-state index in [9.17, 15) is 14.7 Å². The van der Waals surface area contributed by atoms with Crippen molar-refractivity contribution in [3.63, 3.8) is 0 Å². The van der Waals surface area contributed by atoms with Crippen LogP contribution in [0.3, 0.4) is 0 Å².